The first-order chi connectivity index (χ1) is 9.49. The lowest BCUT2D eigenvalue weighted by Crippen LogP contribution is -2.27. The van der Waals surface area contributed by atoms with Gasteiger partial charge in [-0.2, -0.15) is 0 Å². The second-order valence-corrected chi connectivity index (χ2v) is 5.04. The van der Waals surface area contributed by atoms with Gasteiger partial charge in [-0.1, -0.05) is 6.07 Å². The fourth-order valence-corrected chi connectivity index (χ4v) is 2.14. The lowest BCUT2D eigenvalue weighted by Gasteiger charge is -2.19. The molecule has 1 aromatic carbocycles. The molecule has 0 fully saturated rings. The molecule has 0 aliphatic carbocycles. The minimum atomic E-state index is -0.0222. The Labute approximate surface area is 119 Å². The highest BCUT2D eigenvalue weighted by molar-refractivity contribution is 5.96. The molecule has 4 heteroatoms. The fourth-order valence-electron chi connectivity index (χ4n) is 2.14. The van der Waals surface area contributed by atoms with E-state index in [9.17, 15) is 4.79 Å². The number of aromatic nitrogens is 1. The summed E-state index contributed by atoms with van der Waals surface area (Å²) in [5.41, 5.74) is 10.2. The summed E-state index contributed by atoms with van der Waals surface area (Å²) in [6.07, 6.45) is 3.45. The molecule has 1 amide bonds. The van der Waals surface area contributed by atoms with Crippen LogP contribution in [0.1, 0.15) is 27.0 Å². The van der Waals surface area contributed by atoms with Crippen molar-refractivity contribution in [1.82, 2.24) is 9.88 Å². The number of anilines is 1. The first-order valence-corrected chi connectivity index (χ1v) is 6.50. The van der Waals surface area contributed by atoms with Crippen molar-refractivity contribution in [3.05, 3.63) is 58.9 Å². The molecule has 20 heavy (non-hydrogen) atoms. The van der Waals surface area contributed by atoms with E-state index in [1.165, 1.54) is 0 Å². The van der Waals surface area contributed by atoms with Crippen LogP contribution in [-0.4, -0.2) is 22.8 Å². The van der Waals surface area contributed by atoms with Crippen LogP contribution in [0.5, 0.6) is 0 Å². The van der Waals surface area contributed by atoms with Crippen molar-refractivity contribution >= 4 is 11.6 Å². The molecule has 0 saturated carbocycles. The van der Waals surface area contributed by atoms with Gasteiger partial charge in [0.1, 0.15) is 0 Å². The number of pyridine rings is 1. The Balaban J connectivity index is 2.21. The minimum absolute atomic E-state index is 0.0222. The summed E-state index contributed by atoms with van der Waals surface area (Å²) >= 11 is 0. The standard InChI is InChI=1S/C16H19N3O/c1-11-8-12(2)15(17)9-14(11)16(20)19(3)10-13-4-6-18-7-5-13/h4-9H,10,17H2,1-3H3. The molecule has 0 unspecified atom stereocenters. The summed E-state index contributed by atoms with van der Waals surface area (Å²) in [4.78, 5) is 18.1. The van der Waals surface area contributed by atoms with E-state index in [4.69, 9.17) is 5.73 Å². The number of nitrogens with two attached hydrogens (primary N) is 1. The minimum Gasteiger partial charge on any atom is -0.398 e. The maximum atomic E-state index is 12.5. The van der Waals surface area contributed by atoms with Gasteiger partial charge in [-0.15, -0.1) is 0 Å². The quantitative estimate of drug-likeness (QED) is 0.871. The van der Waals surface area contributed by atoms with Crippen LogP contribution in [0.2, 0.25) is 0 Å². The predicted molar refractivity (Wildman–Crippen MR) is 80.4 cm³/mol. The highest BCUT2D eigenvalue weighted by atomic mass is 16.2. The summed E-state index contributed by atoms with van der Waals surface area (Å²) < 4.78 is 0. The van der Waals surface area contributed by atoms with Crippen LogP contribution in [0, 0.1) is 13.8 Å². The smallest absolute Gasteiger partial charge is 0.254 e. The summed E-state index contributed by atoms with van der Waals surface area (Å²) in [5.74, 6) is -0.0222. The normalized spacial score (nSPS) is 10.3. The van der Waals surface area contributed by atoms with Crippen LogP contribution >= 0.6 is 0 Å². The first kappa shape index (κ1) is 14.1. The number of benzene rings is 1. The summed E-state index contributed by atoms with van der Waals surface area (Å²) in [5, 5.41) is 0. The van der Waals surface area contributed by atoms with Gasteiger partial charge in [0.25, 0.3) is 5.91 Å². The molecule has 0 saturated heterocycles. The van der Waals surface area contributed by atoms with E-state index in [0.29, 0.717) is 17.8 Å². The fraction of sp³-hybridized carbons (Fsp3) is 0.250. The Morgan fingerprint density at radius 3 is 2.50 bits per heavy atom. The number of hydrogen-bond donors (Lipinski definition) is 1. The maximum absolute atomic E-state index is 12.5. The highest BCUT2D eigenvalue weighted by Crippen LogP contribution is 2.19. The van der Waals surface area contributed by atoms with Gasteiger partial charge >= 0.3 is 0 Å². The van der Waals surface area contributed by atoms with Crippen LogP contribution in [0.15, 0.2) is 36.7 Å². The average Bonchev–Trinajstić information content (AvgIpc) is 2.43. The second kappa shape index (κ2) is 5.74. The number of rotatable bonds is 3. The Morgan fingerprint density at radius 1 is 1.20 bits per heavy atom. The van der Waals surface area contributed by atoms with Crippen LogP contribution in [-0.2, 0) is 6.54 Å². The molecule has 2 aromatic rings. The van der Waals surface area contributed by atoms with E-state index in [1.54, 1.807) is 30.4 Å². The van der Waals surface area contributed by atoms with E-state index in [2.05, 4.69) is 4.98 Å². The van der Waals surface area contributed by atoms with E-state index < -0.39 is 0 Å². The molecule has 0 aliphatic heterocycles. The molecule has 1 heterocycles. The Bertz CT molecular complexity index is 623. The lowest BCUT2D eigenvalue weighted by atomic mass is 10.0. The third-order valence-electron chi connectivity index (χ3n) is 3.36. The van der Waals surface area contributed by atoms with Crippen molar-refractivity contribution in [2.24, 2.45) is 0 Å². The van der Waals surface area contributed by atoms with Gasteiger partial charge < -0.3 is 10.6 Å². The summed E-state index contributed by atoms with van der Waals surface area (Å²) in [6, 6.07) is 7.51. The van der Waals surface area contributed by atoms with E-state index in [1.807, 2.05) is 32.0 Å². The van der Waals surface area contributed by atoms with Gasteiger partial charge in [-0.05, 0) is 48.7 Å². The topological polar surface area (TPSA) is 59.2 Å². The van der Waals surface area contributed by atoms with E-state index in [-0.39, 0.29) is 5.91 Å². The number of nitrogen functional groups attached to an aromatic ring is 1. The summed E-state index contributed by atoms with van der Waals surface area (Å²) in [7, 11) is 1.79. The first-order valence-electron chi connectivity index (χ1n) is 6.50. The van der Waals surface area contributed by atoms with Crippen LogP contribution in [0.3, 0.4) is 0 Å². The zero-order valence-electron chi connectivity index (χ0n) is 12.1. The van der Waals surface area contributed by atoms with Crippen LogP contribution < -0.4 is 5.73 Å². The van der Waals surface area contributed by atoms with E-state index in [0.717, 1.165) is 16.7 Å². The predicted octanol–water partition coefficient (Wildman–Crippen LogP) is 2.55. The number of carbonyl (C=O) groups is 1. The van der Waals surface area contributed by atoms with Gasteiger partial charge in [-0.3, -0.25) is 9.78 Å². The maximum Gasteiger partial charge on any atom is 0.254 e. The molecule has 0 bridgehead atoms. The zero-order valence-corrected chi connectivity index (χ0v) is 12.1. The van der Waals surface area contributed by atoms with E-state index >= 15 is 0 Å². The summed E-state index contributed by atoms with van der Waals surface area (Å²) in [6.45, 7) is 4.42. The third kappa shape index (κ3) is 2.96. The third-order valence-corrected chi connectivity index (χ3v) is 3.36. The number of nitrogens with zero attached hydrogens (tertiary/aromatic N) is 2. The Kier molecular flexibility index (Phi) is 4.03. The molecule has 0 atom stereocenters. The molecule has 2 N–H and O–H groups in total. The van der Waals surface area contributed by atoms with Gasteiger partial charge in [0.05, 0.1) is 0 Å². The van der Waals surface area contributed by atoms with Crippen molar-refractivity contribution in [2.45, 2.75) is 20.4 Å². The Hall–Kier alpha value is -2.36. The van der Waals surface area contributed by atoms with Crippen molar-refractivity contribution in [3.63, 3.8) is 0 Å². The SMILES string of the molecule is Cc1cc(C)c(C(=O)N(C)Cc2ccncc2)cc1N. The molecule has 0 spiro atoms. The van der Waals surface area contributed by atoms with Gasteiger partial charge in [0.15, 0.2) is 0 Å². The largest absolute Gasteiger partial charge is 0.398 e. The van der Waals surface area contributed by atoms with Crippen molar-refractivity contribution < 1.29 is 4.79 Å². The van der Waals surface area contributed by atoms with Crippen molar-refractivity contribution in [3.8, 4) is 0 Å². The molecular weight excluding hydrogens is 250 g/mol. The van der Waals surface area contributed by atoms with Crippen LogP contribution in [0.4, 0.5) is 5.69 Å². The number of carbonyl (C=O) groups excluding carboxylic acids is 1. The molecule has 4 nitrogen and oxygen atoms in total. The van der Waals surface area contributed by atoms with Gasteiger partial charge in [0.2, 0.25) is 0 Å². The number of aryl methyl sites for hydroxylation is 2. The molecule has 104 valence electrons. The van der Waals surface area contributed by atoms with Gasteiger partial charge in [-0.25, -0.2) is 0 Å². The molecule has 2 rings (SSSR count). The Morgan fingerprint density at radius 2 is 1.85 bits per heavy atom. The zero-order chi connectivity index (χ0) is 14.7. The molecule has 0 aliphatic rings. The lowest BCUT2D eigenvalue weighted by molar-refractivity contribution is 0.0784. The molecular formula is C16H19N3O. The highest BCUT2D eigenvalue weighted by Gasteiger charge is 2.15. The molecule has 1 aromatic heterocycles. The van der Waals surface area contributed by atoms with Crippen molar-refractivity contribution in [1.29, 1.82) is 0 Å². The van der Waals surface area contributed by atoms with Gasteiger partial charge in [0, 0.05) is 37.2 Å². The van der Waals surface area contributed by atoms with Crippen molar-refractivity contribution in [2.75, 3.05) is 12.8 Å². The second-order valence-electron chi connectivity index (χ2n) is 5.04. The molecule has 0 radical (unpaired) electrons. The van der Waals surface area contributed by atoms with Crippen LogP contribution in [0.25, 0.3) is 0 Å². The average molecular weight is 269 g/mol. The number of hydrogen-bond acceptors (Lipinski definition) is 3. The number of amides is 1. The monoisotopic (exact) mass is 269 g/mol.